The van der Waals surface area contributed by atoms with Gasteiger partial charge in [-0.15, -0.1) is 0 Å². The third-order valence-electron chi connectivity index (χ3n) is 2.04. The molecule has 1 unspecified atom stereocenters. The van der Waals surface area contributed by atoms with Gasteiger partial charge in [0.2, 0.25) is 0 Å². The van der Waals surface area contributed by atoms with E-state index in [1.807, 2.05) is 0 Å². The van der Waals surface area contributed by atoms with Crippen LogP contribution in [0.1, 0.15) is 20.3 Å². The Morgan fingerprint density at radius 3 is 2.20 bits per heavy atom. The van der Waals surface area contributed by atoms with Gasteiger partial charge in [0.05, 0.1) is 0 Å². The maximum atomic E-state index is 3.53. The highest BCUT2D eigenvalue weighted by molar-refractivity contribution is 7.79. The summed E-state index contributed by atoms with van der Waals surface area (Å²) in [5.41, 5.74) is 0. The van der Waals surface area contributed by atoms with Gasteiger partial charge in [-0.2, -0.15) is 12.6 Å². The number of hydrogen-bond donors (Lipinski definition) is 2. The topological polar surface area (TPSA) is 12.0 Å². The van der Waals surface area contributed by atoms with E-state index in [0.29, 0.717) is 0 Å². The van der Waals surface area contributed by atoms with Gasteiger partial charge in [-0.1, -0.05) is 13.8 Å². The average Bonchev–Trinajstić information content (AvgIpc) is 2.42. The fourth-order valence-corrected chi connectivity index (χ4v) is 1.25. The molecule has 0 spiro atoms. The lowest BCUT2D eigenvalue weighted by atomic mass is 9.96. The van der Waals surface area contributed by atoms with Crippen molar-refractivity contribution in [3.05, 3.63) is 0 Å². The lowest BCUT2D eigenvalue weighted by Gasteiger charge is -2.10. The van der Waals surface area contributed by atoms with Crippen molar-refractivity contribution in [1.29, 1.82) is 0 Å². The molecule has 1 N–H and O–H groups in total. The van der Waals surface area contributed by atoms with Crippen LogP contribution < -0.4 is 5.32 Å². The highest BCUT2D eigenvalue weighted by Crippen LogP contribution is 2.16. The molecule has 2 heteroatoms. The summed E-state index contributed by atoms with van der Waals surface area (Å²) in [6, 6.07) is 0. The molecule has 1 atom stereocenters. The molecule has 62 valence electrons. The predicted molar refractivity (Wildman–Crippen MR) is 50.7 cm³/mol. The normalized spacial score (nSPS) is 24.3. The summed E-state index contributed by atoms with van der Waals surface area (Å²) >= 11 is 3.53. The largest absolute Gasteiger partial charge is 0.316 e. The molecule has 1 aliphatic heterocycles. The van der Waals surface area contributed by atoms with Gasteiger partial charge in [-0.3, -0.25) is 0 Å². The molecule has 0 aliphatic carbocycles. The van der Waals surface area contributed by atoms with Gasteiger partial charge in [-0.05, 0) is 37.6 Å². The fraction of sp³-hybridized carbons (Fsp3) is 1.00. The minimum Gasteiger partial charge on any atom is -0.316 e. The standard InChI is InChI=1S/C7H15N.CH4S/c1-6(2)7-3-4-8-5-7;1-2/h6-8H,3-5H2,1-2H3;2H,1H3. The second-order valence-corrected chi connectivity index (χ2v) is 3.00. The van der Waals surface area contributed by atoms with E-state index in [1.54, 1.807) is 6.26 Å². The van der Waals surface area contributed by atoms with E-state index in [2.05, 4.69) is 31.8 Å². The van der Waals surface area contributed by atoms with Gasteiger partial charge in [0.25, 0.3) is 0 Å². The van der Waals surface area contributed by atoms with Crippen LogP contribution in [0.15, 0.2) is 0 Å². The second kappa shape index (κ2) is 6.05. The van der Waals surface area contributed by atoms with Crippen molar-refractivity contribution in [2.24, 2.45) is 11.8 Å². The minimum atomic E-state index is 0.880. The van der Waals surface area contributed by atoms with Crippen molar-refractivity contribution in [3.8, 4) is 0 Å². The van der Waals surface area contributed by atoms with Crippen LogP contribution in [-0.4, -0.2) is 19.3 Å². The summed E-state index contributed by atoms with van der Waals surface area (Å²) in [7, 11) is 0. The van der Waals surface area contributed by atoms with Gasteiger partial charge >= 0.3 is 0 Å². The second-order valence-electron chi connectivity index (χ2n) is 3.00. The quantitative estimate of drug-likeness (QED) is 0.559. The molecule has 0 radical (unpaired) electrons. The fourth-order valence-electron chi connectivity index (χ4n) is 1.25. The molecule has 1 nitrogen and oxygen atoms in total. The van der Waals surface area contributed by atoms with Crippen molar-refractivity contribution in [1.82, 2.24) is 5.32 Å². The molecule has 0 aromatic rings. The molecule has 1 aliphatic rings. The van der Waals surface area contributed by atoms with Crippen molar-refractivity contribution in [3.63, 3.8) is 0 Å². The van der Waals surface area contributed by atoms with Crippen molar-refractivity contribution in [2.75, 3.05) is 19.3 Å². The van der Waals surface area contributed by atoms with Crippen LogP contribution in [-0.2, 0) is 0 Å². The highest BCUT2D eigenvalue weighted by atomic mass is 32.1. The average molecular weight is 161 g/mol. The Balaban J connectivity index is 0.000000371. The summed E-state index contributed by atoms with van der Waals surface area (Å²) < 4.78 is 0. The highest BCUT2D eigenvalue weighted by Gasteiger charge is 2.16. The maximum absolute atomic E-state index is 3.53. The number of nitrogens with one attached hydrogen (secondary N) is 1. The van der Waals surface area contributed by atoms with Crippen LogP contribution in [0, 0.1) is 11.8 Å². The molecule has 0 amide bonds. The first-order chi connectivity index (χ1) is 4.80. The molecule has 0 bridgehead atoms. The molecule has 10 heavy (non-hydrogen) atoms. The summed E-state index contributed by atoms with van der Waals surface area (Å²) in [6.45, 7) is 7.09. The molecular weight excluding hydrogens is 142 g/mol. The number of hydrogen-bond acceptors (Lipinski definition) is 2. The summed E-state index contributed by atoms with van der Waals surface area (Å²) in [4.78, 5) is 0. The van der Waals surface area contributed by atoms with Crippen LogP contribution in [0.2, 0.25) is 0 Å². The number of rotatable bonds is 1. The van der Waals surface area contributed by atoms with Crippen LogP contribution in [0.5, 0.6) is 0 Å². The summed E-state index contributed by atoms with van der Waals surface area (Å²) in [5, 5.41) is 3.35. The molecule has 1 rings (SSSR count). The Morgan fingerprint density at radius 1 is 1.40 bits per heavy atom. The first kappa shape index (κ1) is 10.3. The van der Waals surface area contributed by atoms with E-state index < -0.39 is 0 Å². The lowest BCUT2D eigenvalue weighted by molar-refractivity contribution is 0.419. The maximum Gasteiger partial charge on any atom is -0.00176 e. The Hall–Kier alpha value is 0.310. The van der Waals surface area contributed by atoms with Gasteiger partial charge in [0.15, 0.2) is 0 Å². The van der Waals surface area contributed by atoms with Gasteiger partial charge < -0.3 is 5.32 Å². The Labute approximate surface area is 70.0 Å². The zero-order valence-corrected chi connectivity index (χ0v) is 8.12. The molecule has 0 saturated carbocycles. The van der Waals surface area contributed by atoms with Gasteiger partial charge in [0.1, 0.15) is 0 Å². The molecule has 0 aromatic heterocycles. The van der Waals surface area contributed by atoms with Crippen LogP contribution in [0.3, 0.4) is 0 Å². The van der Waals surface area contributed by atoms with Crippen molar-refractivity contribution >= 4 is 12.6 Å². The Bertz CT molecular complexity index is 67.7. The van der Waals surface area contributed by atoms with E-state index in [4.69, 9.17) is 0 Å². The Morgan fingerprint density at radius 2 is 2.00 bits per heavy atom. The van der Waals surface area contributed by atoms with Crippen LogP contribution in [0.25, 0.3) is 0 Å². The van der Waals surface area contributed by atoms with Crippen molar-refractivity contribution in [2.45, 2.75) is 20.3 Å². The molecule has 1 heterocycles. The van der Waals surface area contributed by atoms with E-state index in [0.717, 1.165) is 11.8 Å². The zero-order valence-electron chi connectivity index (χ0n) is 7.22. The van der Waals surface area contributed by atoms with Gasteiger partial charge in [0, 0.05) is 0 Å². The minimum absolute atomic E-state index is 0.880. The molecule has 0 aromatic carbocycles. The van der Waals surface area contributed by atoms with E-state index >= 15 is 0 Å². The lowest BCUT2D eigenvalue weighted by Crippen LogP contribution is -2.12. The third-order valence-corrected chi connectivity index (χ3v) is 2.04. The van der Waals surface area contributed by atoms with E-state index in [9.17, 15) is 0 Å². The molecular formula is C8H19NS. The zero-order chi connectivity index (χ0) is 7.98. The van der Waals surface area contributed by atoms with E-state index in [1.165, 1.54) is 19.5 Å². The Kier molecular flexibility index (Phi) is 6.24. The first-order valence-electron chi connectivity index (χ1n) is 3.96. The van der Waals surface area contributed by atoms with E-state index in [-0.39, 0.29) is 0 Å². The van der Waals surface area contributed by atoms with Gasteiger partial charge in [-0.25, -0.2) is 0 Å². The van der Waals surface area contributed by atoms with Crippen LogP contribution >= 0.6 is 12.6 Å². The smallest absolute Gasteiger partial charge is 0.00176 e. The number of thiol groups is 1. The summed E-state index contributed by atoms with van der Waals surface area (Å²) in [6.07, 6.45) is 3.08. The van der Waals surface area contributed by atoms with Crippen LogP contribution in [0.4, 0.5) is 0 Å². The monoisotopic (exact) mass is 161 g/mol. The SMILES string of the molecule is CC(C)C1CCNC1.CS. The van der Waals surface area contributed by atoms with Crippen molar-refractivity contribution < 1.29 is 0 Å². The third kappa shape index (κ3) is 3.47. The predicted octanol–water partition coefficient (Wildman–Crippen LogP) is 1.80. The summed E-state index contributed by atoms with van der Waals surface area (Å²) in [5.74, 6) is 1.83. The molecule has 1 saturated heterocycles. The molecule has 1 fully saturated rings. The first-order valence-corrected chi connectivity index (χ1v) is 4.85.